The van der Waals surface area contributed by atoms with E-state index in [0.717, 1.165) is 16.5 Å². The van der Waals surface area contributed by atoms with E-state index in [4.69, 9.17) is 4.74 Å². The van der Waals surface area contributed by atoms with Crippen LogP contribution in [0.2, 0.25) is 0 Å². The Bertz CT molecular complexity index is 782. The van der Waals surface area contributed by atoms with Gasteiger partial charge in [0.15, 0.2) is 6.61 Å². The Morgan fingerprint density at radius 2 is 1.82 bits per heavy atom. The van der Waals surface area contributed by atoms with Crippen LogP contribution in [0.5, 0.6) is 5.75 Å². The summed E-state index contributed by atoms with van der Waals surface area (Å²) in [6.45, 7) is 5.90. The number of benzene rings is 2. The number of carbonyl (C=O) groups excluding carboxylic acids is 2. The van der Waals surface area contributed by atoms with Crippen LogP contribution >= 0.6 is 15.9 Å². The molecule has 0 fully saturated rings. The van der Waals surface area contributed by atoms with Gasteiger partial charge in [0.1, 0.15) is 11.8 Å². The summed E-state index contributed by atoms with van der Waals surface area (Å²) in [5.41, 5.74) is 0.936. The summed E-state index contributed by atoms with van der Waals surface area (Å²) < 4.78 is 6.54. The van der Waals surface area contributed by atoms with Gasteiger partial charge in [-0.1, -0.05) is 53.2 Å². The van der Waals surface area contributed by atoms with Crippen LogP contribution in [0.15, 0.2) is 59.1 Å². The second kappa shape index (κ2) is 10.9. The van der Waals surface area contributed by atoms with E-state index in [2.05, 4.69) is 21.2 Å². The molecule has 1 N–H and O–H groups in total. The molecule has 0 aliphatic heterocycles. The first kappa shape index (κ1) is 22.0. The highest BCUT2D eigenvalue weighted by atomic mass is 79.9. The van der Waals surface area contributed by atoms with E-state index < -0.39 is 6.04 Å². The number of nitrogens with one attached hydrogen (secondary N) is 1. The number of rotatable bonds is 9. The van der Waals surface area contributed by atoms with Gasteiger partial charge >= 0.3 is 0 Å². The van der Waals surface area contributed by atoms with Gasteiger partial charge in [-0.2, -0.15) is 0 Å². The second-order valence-electron chi connectivity index (χ2n) is 6.75. The second-order valence-corrected chi connectivity index (χ2v) is 7.66. The molecule has 0 bridgehead atoms. The summed E-state index contributed by atoms with van der Waals surface area (Å²) in [5, 5.41) is 2.95. The Hall–Kier alpha value is -2.34. The topological polar surface area (TPSA) is 58.6 Å². The van der Waals surface area contributed by atoms with Crippen molar-refractivity contribution >= 4 is 27.7 Å². The third-order valence-electron chi connectivity index (χ3n) is 4.52. The Labute approximate surface area is 175 Å². The zero-order valence-corrected chi connectivity index (χ0v) is 18.1. The van der Waals surface area contributed by atoms with Gasteiger partial charge in [0.25, 0.3) is 5.91 Å². The molecule has 2 aromatic carbocycles. The average molecular weight is 447 g/mol. The molecule has 0 spiro atoms. The van der Waals surface area contributed by atoms with Gasteiger partial charge in [-0.15, -0.1) is 0 Å². The average Bonchev–Trinajstić information content (AvgIpc) is 2.70. The van der Waals surface area contributed by atoms with Crippen molar-refractivity contribution in [3.05, 3.63) is 64.6 Å². The molecule has 0 aliphatic carbocycles. The highest BCUT2D eigenvalue weighted by Crippen LogP contribution is 2.16. The molecule has 0 aliphatic rings. The van der Waals surface area contributed by atoms with Crippen LogP contribution in [-0.2, 0) is 16.1 Å². The highest BCUT2D eigenvalue weighted by molar-refractivity contribution is 9.10. The lowest BCUT2D eigenvalue weighted by molar-refractivity contribution is -0.142. The number of hydrogen-bond acceptors (Lipinski definition) is 3. The number of nitrogens with zero attached hydrogens (tertiary/aromatic N) is 1. The van der Waals surface area contributed by atoms with Gasteiger partial charge in [0.05, 0.1) is 0 Å². The maximum absolute atomic E-state index is 12.9. The quantitative estimate of drug-likeness (QED) is 0.628. The van der Waals surface area contributed by atoms with Crippen LogP contribution in [-0.4, -0.2) is 35.4 Å². The minimum absolute atomic E-state index is 0.0540. The fourth-order valence-electron chi connectivity index (χ4n) is 2.62. The summed E-state index contributed by atoms with van der Waals surface area (Å²) in [7, 11) is 0. The molecule has 0 saturated heterocycles. The maximum Gasteiger partial charge on any atom is 0.261 e. The van der Waals surface area contributed by atoms with Crippen LogP contribution in [0.1, 0.15) is 32.8 Å². The minimum Gasteiger partial charge on any atom is -0.484 e. The highest BCUT2D eigenvalue weighted by Gasteiger charge is 2.27. The summed E-state index contributed by atoms with van der Waals surface area (Å²) in [6, 6.07) is 16.3. The van der Waals surface area contributed by atoms with Crippen molar-refractivity contribution in [1.82, 2.24) is 10.2 Å². The number of para-hydroxylation sites is 1. The molecule has 5 nitrogen and oxygen atoms in total. The normalized spacial score (nSPS) is 12.7. The van der Waals surface area contributed by atoms with Gasteiger partial charge in [-0.05, 0) is 50.1 Å². The Morgan fingerprint density at radius 3 is 2.46 bits per heavy atom. The molecule has 2 aromatic rings. The Kier molecular flexibility index (Phi) is 8.51. The molecule has 0 saturated carbocycles. The lowest BCUT2D eigenvalue weighted by Crippen LogP contribution is -2.50. The van der Waals surface area contributed by atoms with Crippen LogP contribution in [0.25, 0.3) is 0 Å². The largest absolute Gasteiger partial charge is 0.484 e. The van der Waals surface area contributed by atoms with Gasteiger partial charge < -0.3 is 15.0 Å². The zero-order chi connectivity index (χ0) is 20.5. The van der Waals surface area contributed by atoms with Gasteiger partial charge in [-0.25, -0.2) is 0 Å². The molecule has 2 atom stereocenters. The molecule has 150 valence electrons. The molecule has 0 unspecified atom stereocenters. The molecule has 2 amide bonds. The van der Waals surface area contributed by atoms with Crippen molar-refractivity contribution in [3.63, 3.8) is 0 Å². The van der Waals surface area contributed by atoms with Crippen molar-refractivity contribution in [2.24, 2.45) is 0 Å². The monoisotopic (exact) mass is 446 g/mol. The summed E-state index contributed by atoms with van der Waals surface area (Å²) in [6.07, 6.45) is 0.829. The molecule has 0 radical (unpaired) electrons. The number of ether oxygens (including phenoxy) is 1. The van der Waals surface area contributed by atoms with Crippen LogP contribution in [0.4, 0.5) is 0 Å². The Morgan fingerprint density at radius 1 is 1.11 bits per heavy atom. The minimum atomic E-state index is -0.611. The molecule has 6 heteroatoms. The van der Waals surface area contributed by atoms with Crippen LogP contribution in [0, 0.1) is 0 Å². The molecular weight excluding hydrogens is 420 g/mol. The SMILES string of the molecule is CC[C@H](C)NC(=O)[C@@H](C)N(Cc1cccc(Br)c1)C(=O)COc1ccccc1. The fourth-order valence-corrected chi connectivity index (χ4v) is 3.07. The standard InChI is InChI=1S/C22H27BrN2O3/c1-4-16(2)24-22(27)17(3)25(14-18-9-8-10-19(23)13-18)21(26)15-28-20-11-6-5-7-12-20/h5-13,16-17H,4,14-15H2,1-3H3,(H,24,27)/t16-,17+/m0/s1. The van der Waals surface area contributed by atoms with Crippen molar-refractivity contribution in [2.75, 3.05) is 6.61 Å². The molecule has 0 aromatic heterocycles. The van der Waals surface area contributed by atoms with Crippen molar-refractivity contribution in [2.45, 2.75) is 45.8 Å². The van der Waals surface area contributed by atoms with Gasteiger partial charge in [0.2, 0.25) is 5.91 Å². The van der Waals surface area contributed by atoms with E-state index in [0.29, 0.717) is 12.3 Å². The predicted octanol–water partition coefficient (Wildman–Crippen LogP) is 4.16. The van der Waals surface area contributed by atoms with E-state index in [9.17, 15) is 9.59 Å². The smallest absolute Gasteiger partial charge is 0.261 e. The van der Waals surface area contributed by atoms with E-state index in [-0.39, 0.29) is 24.5 Å². The third kappa shape index (κ3) is 6.68. The molecule has 2 rings (SSSR count). The van der Waals surface area contributed by atoms with E-state index in [1.54, 1.807) is 24.0 Å². The Balaban J connectivity index is 2.14. The first-order valence-electron chi connectivity index (χ1n) is 9.42. The van der Waals surface area contributed by atoms with Crippen LogP contribution in [0.3, 0.4) is 0 Å². The van der Waals surface area contributed by atoms with Gasteiger partial charge in [-0.3, -0.25) is 9.59 Å². The van der Waals surface area contributed by atoms with Crippen molar-refractivity contribution < 1.29 is 14.3 Å². The summed E-state index contributed by atoms with van der Waals surface area (Å²) >= 11 is 3.45. The number of hydrogen-bond donors (Lipinski definition) is 1. The predicted molar refractivity (Wildman–Crippen MR) is 114 cm³/mol. The number of amides is 2. The maximum atomic E-state index is 12.9. The lowest BCUT2D eigenvalue weighted by atomic mass is 10.1. The first-order chi connectivity index (χ1) is 13.4. The van der Waals surface area contributed by atoms with E-state index >= 15 is 0 Å². The number of halogens is 1. The third-order valence-corrected chi connectivity index (χ3v) is 5.01. The van der Waals surface area contributed by atoms with Crippen molar-refractivity contribution in [3.8, 4) is 5.75 Å². The molecular formula is C22H27BrN2O3. The van der Waals surface area contributed by atoms with Crippen molar-refractivity contribution in [1.29, 1.82) is 0 Å². The molecule has 0 heterocycles. The molecule has 28 heavy (non-hydrogen) atoms. The fraction of sp³-hybridized carbons (Fsp3) is 0.364. The summed E-state index contributed by atoms with van der Waals surface area (Å²) in [4.78, 5) is 27.1. The summed E-state index contributed by atoms with van der Waals surface area (Å²) in [5.74, 6) is 0.211. The number of carbonyl (C=O) groups is 2. The van der Waals surface area contributed by atoms with E-state index in [1.807, 2.05) is 56.3 Å². The van der Waals surface area contributed by atoms with Gasteiger partial charge in [0, 0.05) is 17.1 Å². The zero-order valence-electron chi connectivity index (χ0n) is 16.5. The van der Waals surface area contributed by atoms with E-state index in [1.165, 1.54) is 0 Å². The first-order valence-corrected chi connectivity index (χ1v) is 10.2. The van der Waals surface area contributed by atoms with Crippen LogP contribution < -0.4 is 10.1 Å². The lowest BCUT2D eigenvalue weighted by Gasteiger charge is -2.29.